The van der Waals surface area contributed by atoms with Crippen molar-refractivity contribution in [1.82, 2.24) is 4.98 Å². The lowest BCUT2D eigenvalue weighted by molar-refractivity contribution is 1.26. The van der Waals surface area contributed by atoms with Gasteiger partial charge in [0.1, 0.15) is 11.8 Å². The zero-order valence-electron chi connectivity index (χ0n) is 12.0. The van der Waals surface area contributed by atoms with E-state index in [0.29, 0.717) is 31.2 Å². The van der Waals surface area contributed by atoms with Crippen LogP contribution < -0.4 is 0 Å². The fourth-order valence-corrected chi connectivity index (χ4v) is 3.37. The number of pyridine rings is 1. The molecule has 0 fully saturated rings. The maximum Gasteiger partial charge on any atom is 0.148 e. The number of aromatic nitrogens is 1. The molecule has 3 rings (SSSR count). The predicted octanol–water partition coefficient (Wildman–Crippen LogP) is 6.90. The Bertz CT molecular complexity index is 977. The van der Waals surface area contributed by atoms with Gasteiger partial charge in [-0.05, 0) is 30.3 Å². The van der Waals surface area contributed by atoms with Crippen molar-refractivity contribution < 1.29 is 0 Å². The standard InChI is InChI=1S/C18H8Cl4N2/c19-11-1-3-13(16(21)6-11)10-5-15(18(8-23)24-9-10)14-4-2-12(20)7-17(14)22/h1-7,9H. The third-order valence-electron chi connectivity index (χ3n) is 3.46. The lowest BCUT2D eigenvalue weighted by Gasteiger charge is -2.10. The molecule has 2 aromatic carbocycles. The number of nitriles is 1. The molecule has 0 unspecified atom stereocenters. The van der Waals surface area contributed by atoms with Crippen molar-refractivity contribution in [3.05, 3.63) is 74.4 Å². The molecule has 0 atom stereocenters. The topological polar surface area (TPSA) is 36.7 Å². The number of nitrogens with zero attached hydrogens (tertiary/aromatic N) is 2. The Labute approximate surface area is 159 Å². The third-order valence-corrected chi connectivity index (χ3v) is 4.55. The number of hydrogen-bond donors (Lipinski definition) is 0. The van der Waals surface area contributed by atoms with Gasteiger partial charge in [-0.1, -0.05) is 58.5 Å². The first-order chi connectivity index (χ1) is 11.5. The Morgan fingerprint density at radius 1 is 0.750 bits per heavy atom. The summed E-state index contributed by atoms with van der Waals surface area (Å²) in [7, 11) is 0. The normalized spacial score (nSPS) is 10.5. The molecule has 118 valence electrons. The Balaban J connectivity index is 2.21. The second kappa shape index (κ2) is 7.01. The van der Waals surface area contributed by atoms with Gasteiger partial charge in [0.2, 0.25) is 0 Å². The fourth-order valence-electron chi connectivity index (χ4n) is 2.34. The third kappa shape index (κ3) is 3.36. The maximum atomic E-state index is 9.35. The van der Waals surface area contributed by atoms with Crippen molar-refractivity contribution in [1.29, 1.82) is 5.26 Å². The molecule has 3 aromatic rings. The second-order valence-electron chi connectivity index (χ2n) is 4.98. The summed E-state index contributed by atoms with van der Waals surface area (Å²) >= 11 is 24.4. The van der Waals surface area contributed by atoms with Gasteiger partial charge in [0.05, 0.1) is 0 Å². The van der Waals surface area contributed by atoms with Crippen LogP contribution in [0.3, 0.4) is 0 Å². The molecule has 6 heteroatoms. The summed E-state index contributed by atoms with van der Waals surface area (Å²) < 4.78 is 0. The molecule has 0 aliphatic rings. The molecule has 0 aliphatic carbocycles. The van der Waals surface area contributed by atoms with Gasteiger partial charge in [0.25, 0.3) is 0 Å². The first-order valence-corrected chi connectivity index (χ1v) is 8.32. The largest absolute Gasteiger partial charge is 0.244 e. The van der Waals surface area contributed by atoms with Crippen molar-refractivity contribution in [2.24, 2.45) is 0 Å². The van der Waals surface area contributed by atoms with Crippen LogP contribution in [0.25, 0.3) is 22.3 Å². The summed E-state index contributed by atoms with van der Waals surface area (Å²) in [6, 6.07) is 14.2. The highest BCUT2D eigenvalue weighted by Crippen LogP contribution is 2.36. The van der Waals surface area contributed by atoms with E-state index < -0.39 is 0 Å². The molecule has 24 heavy (non-hydrogen) atoms. The van der Waals surface area contributed by atoms with Gasteiger partial charge in [-0.25, -0.2) is 4.98 Å². The minimum absolute atomic E-state index is 0.271. The van der Waals surface area contributed by atoms with E-state index >= 15 is 0 Å². The van der Waals surface area contributed by atoms with Gasteiger partial charge in [-0.15, -0.1) is 0 Å². The molecule has 0 amide bonds. The minimum Gasteiger partial charge on any atom is -0.244 e. The molecule has 0 N–H and O–H groups in total. The zero-order valence-corrected chi connectivity index (χ0v) is 15.0. The van der Waals surface area contributed by atoms with Crippen LogP contribution in [0.1, 0.15) is 5.69 Å². The van der Waals surface area contributed by atoms with Gasteiger partial charge in [0.15, 0.2) is 0 Å². The first-order valence-electron chi connectivity index (χ1n) is 6.80. The Morgan fingerprint density at radius 2 is 1.33 bits per heavy atom. The van der Waals surface area contributed by atoms with Crippen LogP contribution >= 0.6 is 46.4 Å². The second-order valence-corrected chi connectivity index (χ2v) is 6.67. The van der Waals surface area contributed by atoms with E-state index in [9.17, 15) is 5.26 Å². The van der Waals surface area contributed by atoms with Gasteiger partial charge >= 0.3 is 0 Å². The number of benzene rings is 2. The predicted molar refractivity (Wildman–Crippen MR) is 99.9 cm³/mol. The Kier molecular flexibility index (Phi) is 4.99. The van der Waals surface area contributed by atoms with Gasteiger partial charge in [-0.3, -0.25) is 0 Å². The molecule has 1 heterocycles. The SMILES string of the molecule is N#Cc1ncc(-c2ccc(Cl)cc2Cl)cc1-c1ccc(Cl)cc1Cl. The number of halogens is 4. The van der Waals surface area contributed by atoms with Crippen LogP contribution in [-0.4, -0.2) is 4.98 Å². The van der Waals surface area contributed by atoms with Crippen molar-refractivity contribution in [3.63, 3.8) is 0 Å². The van der Waals surface area contributed by atoms with E-state index in [-0.39, 0.29) is 5.69 Å². The average Bonchev–Trinajstić information content (AvgIpc) is 2.54. The minimum atomic E-state index is 0.271. The molecule has 0 spiro atoms. The summed E-state index contributed by atoms with van der Waals surface area (Å²) in [5.41, 5.74) is 3.09. The van der Waals surface area contributed by atoms with Crippen LogP contribution in [0.5, 0.6) is 0 Å². The van der Waals surface area contributed by atoms with E-state index in [2.05, 4.69) is 11.1 Å². The molecule has 1 aromatic heterocycles. The molecular formula is C18H8Cl4N2. The molecule has 0 bridgehead atoms. The quantitative estimate of drug-likeness (QED) is 0.474. The van der Waals surface area contributed by atoms with Crippen molar-refractivity contribution in [2.45, 2.75) is 0 Å². The smallest absolute Gasteiger partial charge is 0.148 e. The van der Waals surface area contributed by atoms with Crippen molar-refractivity contribution in [2.75, 3.05) is 0 Å². The van der Waals surface area contributed by atoms with E-state index in [4.69, 9.17) is 46.4 Å². The summed E-state index contributed by atoms with van der Waals surface area (Å²) in [6.45, 7) is 0. The monoisotopic (exact) mass is 392 g/mol. The van der Waals surface area contributed by atoms with Crippen molar-refractivity contribution in [3.8, 4) is 28.3 Å². The Hall–Kier alpha value is -1.76. The summed E-state index contributed by atoms with van der Waals surface area (Å²) in [5, 5.41) is 11.4. The zero-order chi connectivity index (χ0) is 17.3. The highest BCUT2D eigenvalue weighted by atomic mass is 35.5. The van der Waals surface area contributed by atoms with E-state index in [1.165, 1.54) is 0 Å². The Morgan fingerprint density at radius 3 is 1.88 bits per heavy atom. The molecular weight excluding hydrogens is 386 g/mol. The summed E-state index contributed by atoms with van der Waals surface area (Å²) in [6.07, 6.45) is 1.60. The van der Waals surface area contributed by atoms with Crippen LogP contribution in [-0.2, 0) is 0 Å². The maximum absolute atomic E-state index is 9.35. The van der Waals surface area contributed by atoms with Crippen LogP contribution in [0.15, 0.2) is 48.7 Å². The summed E-state index contributed by atoms with van der Waals surface area (Å²) in [4.78, 5) is 4.23. The number of hydrogen-bond acceptors (Lipinski definition) is 2. The van der Waals surface area contributed by atoms with E-state index in [1.54, 1.807) is 42.6 Å². The fraction of sp³-hybridized carbons (Fsp3) is 0. The molecule has 0 saturated carbocycles. The molecule has 0 aliphatic heterocycles. The number of rotatable bonds is 2. The molecule has 0 radical (unpaired) electrons. The van der Waals surface area contributed by atoms with Crippen molar-refractivity contribution >= 4 is 46.4 Å². The van der Waals surface area contributed by atoms with Gasteiger partial charge in [-0.2, -0.15) is 5.26 Å². The average molecular weight is 394 g/mol. The lowest BCUT2D eigenvalue weighted by atomic mass is 9.99. The van der Waals surface area contributed by atoms with Crippen LogP contribution in [0, 0.1) is 11.3 Å². The molecule has 2 nitrogen and oxygen atoms in total. The molecule has 0 saturated heterocycles. The van der Waals surface area contributed by atoms with E-state index in [1.807, 2.05) is 6.07 Å². The van der Waals surface area contributed by atoms with Gasteiger partial charge < -0.3 is 0 Å². The lowest BCUT2D eigenvalue weighted by Crippen LogP contribution is -1.92. The van der Waals surface area contributed by atoms with Crippen LogP contribution in [0.2, 0.25) is 20.1 Å². The van der Waals surface area contributed by atoms with E-state index in [0.717, 1.165) is 11.1 Å². The highest BCUT2D eigenvalue weighted by Gasteiger charge is 2.14. The summed E-state index contributed by atoms with van der Waals surface area (Å²) in [5.74, 6) is 0. The van der Waals surface area contributed by atoms with Crippen LogP contribution in [0.4, 0.5) is 0 Å². The highest BCUT2D eigenvalue weighted by molar-refractivity contribution is 6.37. The first kappa shape index (κ1) is 17.1. The van der Waals surface area contributed by atoms with Gasteiger partial charge in [0, 0.05) is 48.5 Å².